The first-order chi connectivity index (χ1) is 11.3. The molecule has 0 bridgehead atoms. The third-order valence-electron chi connectivity index (χ3n) is 3.85. The highest BCUT2D eigenvalue weighted by Crippen LogP contribution is 2.56. The molecule has 1 aromatic rings. The lowest BCUT2D eigenvalue weighted by atomic mass is 9.89. The monoisotopic (exact) mass is 350 g/mol. The van der Waals surface area contributed by atoms with Gasteiger partial charge in [0.05, 0.1) is 5.56 Å². The van der Waals surface area contributed by atoms with Crippen LogP contribution in [0.3, 0.4) is 0 Å². The van der Waals surface area contributed by atoms with Crippen LogP contribution in [0, 0.1) is 12.3 Å². The van der Waals surface area contributed by atoms with Crippen LogP contribution in [0.25, 0.3) is 0 Å². The Morgan fingerprint density at radius 1 is 1.04 bits per heavy atom. The van der Waals surface area contributed by atoms with E-state index < -0.39 is 34.7 Å². The highest BCUT2D eigenvalue weighted by molar-refractivity contribution is 6.19. The van der Waals surface area contributed by atoms with E-state index >= 15 is 0 Å². The summed E-state index contributed by atoms with van der Waals surface area (Å²) >= 11 is 5.67. The molecular formula is C17H15ClO6. The van der Waals surface area contributed by atoms with Crippen molar-refractivity contribution < 1.29 is 30.3 Å². The first-order valence-electron chi connectivity index (χ1n) is 6.96. The minimum Gasteiger partial charge on any atom is -0.504 e. The predicted octanol–water partition coefficient (Wildman–Crippen LogP) is 2.39. The van der Waals surface area contributed by atoms with Gasteiger partial charge in [-0.2, -0.15) is 0 Å². The van der Waals surface area contributed by atoms with Crippen molar-refractivity contribution in [3.63, 3.8) is 0 Å². The minimum atomic E-state index is -1.05. The largest absolute Gasteiger partial charge is 0.504 e. The molecule has 1 atom stereocenters. The van der Waals surface area contributed by atoms with E-state index in [-0.39, 0.29) is 30.1 Å². The maximum atomic E-state index is 12.2. The summed E-state index contributed by atoms with van der Waals surface area (Å²) in [4.78, 5) is 12.2. The second-order valence-corrected chi connectivity index (χ2v) is 5.49. The molecule has 1 unspecified atom stereocenters. The molecule has 1 aliphatic carbocycles. The third kappa shape index (κ3) is 2.74. The number of alkyl halides is 1. The van der Waals surface area contributed by atoms with E-state index in [4.69, 9.17) is 18.0 Å². The van der Waals surface area contributed by atoms with Crippen LogP contribution in [0.5, 0.6) is 28.7 Å². The number of rotatable bonds is 3. The number of benzene rings is 1. The molecule has 6 nitrogen and oxygen atoms in total. The molecule has 7 heteroatoms. The molecule has 1 aromatic carbocycles. The van der Waals surface area contributed by atoms with Gasteiger partial charge in [-0.3, -0.25) is 4.79 Å². The van der Waals surface area contributed by atoms with E-state index in [1.807, 2.05) is 0 Å². The Bertz CT molecular complexity index is 771. The van der Waals surface area contributed by atoms with Crippen LogP contribution in [-0.4, -0.2) is 37.2 Å². The highest BCUT2D eigenvalue weighted by Gasteiger charge is 2.38. The Morgan fingerprint density at radius 3 is 2.08 bits per heavy atom. The molecule has 1 fully saturated rings. The van der Waals surface area contributed by atoms with Crippen LogP contribution in [0.1, 0.15) is 24.3 Å². The van der Waals surface area contributed by atoms with Gasteiger partial charge < -0.3 is 25.5 Å². The first-order valence-corrected chi connectivity index (χ1v) is 7.50. The Hall–Kier alpha value is -2.78. The van der Waals surface area contributed by atoms with Crippen LogP contribution in [-0.2, 0) is 4.79 Å². The van der Waals surface area contributed by atoms with E-state index in [2.05, 4.69) is 5.92 Å². The lowest BCUT2D eigenvalue weighted by Gasteiger charge is -2.18. The molecule has 1 saturated carbocycles. The second kappa shape index (κ2) is 6.77. The van der Waals surface area contributed by atoms with E-state index in [9.17, 15) is 30.3 Å². The summed E-state index contributed by atoms with van der Waals surface area (Å²) in [6.07, 6.45) is 8.37. The van der Waals surface area contributed by atoms with Gasteiger partial charge in [0, 0.05) is 30.2 Å². The van der Waals surface area contributed by atoms with Gasteiger partial charge >= 0.3 is 0 Å². The summed E-state index contributed by atoms with van der Waals surface area (Å²) in [5.74, 6) is -3.33. The predicted molar refractivity (Wildman–Crippen MR) is 87.5 cm³/mol. The molecule has 0 spiro atoms. The molecule has 0 saturated heterocycles. The van der Waals surface area contributed by atoms with Crippen LogP contribution in [0.2, 0.25) is 0 Å². The number of hydrogen-bond acceptors (Lipinski definition) is 6. The number of allylic oxidation sites excluding steroid dienone is 4. The fraction of sp³-hybridized carbons (Fsp3) is 0.235. The van der Waals surface area contributed by atoms with E-state index in [1.54, 1.807) is 6.08 Å². The molecular weight excluding hydrogens is 336 g/mol. The van der Waals surface area contributed by atoms with Crippen LogP contribution >= 0.6 is 11.6 Å². The zero-order chi connectivity index (χ0) is 18.0. The fourth-order valence-corrected chi connectivity index (χ4v) is 2.93. The van der Waals surface area contributed by atoms with Crippen molar-refractivity contribution in [2.75, 3.05) is 5.88 Å². The van der Waals surface area contributed by atoms with Crippen molar-refractivity contribution in [2.24, 2.45) is 0 Å². The first kappa shape index (κ1) is 17.6. The summed E-state index contributed by atoms with van der Waals surface area (Å²) in [5.41, 5.74) is 0.460. The standard InChI is InChI=1S/C17H15ClO6/c1-2-3-4-8-9(5-6-18)11(19)7-10(8)12-13(20)15(22)17(24)16(23)14(12)21/h1,4-5,10,20-24H,3,6-7H2/b8-4?,9-5+. The number of aromatic hydroxyl groups is 5. The van der Waals surface area contributed by atoms with Gasteiger partial charge in [-0.05, 0) is 5.57 Å². The van der Waals surface area contributed by atoms with E-state index in [1.165, 1.54) is 6.08 Å². The number of phenols is 5. The van der Waals surface area contributed by atoms with Crippen molar-refractivity contribution >= 4 is 17.4 Å². The van der Waals surface area contributed by atoms with Gasteiger partial charge in [-0.15, -0.1) is 23.9 Å². The zero-order valence-electron chi connectivity index (χ0n) is 12.5. The molecule has 24 heavy (non-hydrogen) atoms. The fourth-order valence-electron chi connectivity index (χ4n) is 2.78. The Labute approximate surface area is 142 Å². The Kier molecular flexibility index (Phi) is 4.96. The molecule has 0 heterocycles. The Morgan fingerprint density at radius 2 is 1.58 bits per heavy atom. The minimum absolute atomic E-state index is 0.0746. The summed E-state index contributed by atoms with van der Waals surface area (Å²) in [5, 5.41) is 49.1. The molecule has 2 rings (SSSR count). The maximum absolute atomic E-state index is 12.2. The third-order valence-corrected chi connectivity index (χ3v) is 4.01. The van der Waals surface area contributed by atoms with Crippen molar-refractivity contribution in [2.45, 2.75) is 18.8 Å². The Balaban J connectivity index is 2.70. The van der Waals surface area contributed by atoms with Crippen molar-refractivity contribution in [1.29, 1.82) is 0 Å². The van der Waals surface area contributed by atoms with Crippen molar-refractivity contribution in [1.82, 2.24) is 0 Å². The van der Waals surface area contributed by atoms with Gasteiger partial charge in [0.2, 0.25) is 17.2 Å². The maximum Gasteiger partial charge on any atom is 0.208 e. The number of carbonyl (C=O) groups excluding carboxylic acids is 1. The normalized spacial score (nSPS) is 20.7. The van der Waals surface area contributed by atoms with Gasteiger partial charge in [0.1, 0.15) is 0 Å². The van der Waals surface area contributed by atoms with Crippen LogP contribution in [0.15, 0.2) is 23.3 Å². The van der Waals surface area contributed by atoms with Gasteiger partial charge in [-0.1, -0.05) is 12.2 Å². The average molecular weight is 351 g/mol. The van der Waals surface area contributed by atoms with Gasteiger partial charge in [-0.25, -0.2) is 0 Å². The van der Waals surface area contributed by atoms with Crippen LogP contribution < -0.4 is 0 Å². The summed E-state index contributed by atoms with van der Waals surface area (Å²) < 4.78 is 0. The zero-order valence-corrected chi connectivity index (χ0v) is 13.2. The SMILES string of the molecule is C#CCC=C1/C(=C\CCl)C(=O)CC1c1c(O)c(O)c(O)c(O)c1O. The van der Waals surface area contributed by atoms with E-state index in [0.29, 0.717) is 11.1 Å². The summed E-state index contributed by atoms with van der Waals surface area (Å²) in [6.45, 7) is 0. The topological polar surface area (TPSA) is 118 Å². The second-order valence-electron chi connectivity index (χ2n) is 5.18. The number of ketones is 1. The number of phenolic OH excluding ortho intramolecular Hbond substituents is 5. The van der Waals surface area contributed by atoms with Gasteiger partial charge in [0.15, 0.2) is 17.3 Å². The molecule has 0 aromatic heterocycles. The molecule has 0 aliphatic heterocycles. The summed E-state index contributed by atoms with van der Waals surface area (Å²) in [6, 6.07) is 0. The molecule has 5 N–H and O–H groups in total. The van der Waals surface area contributed by atoms with Crippen LogP contribution in [0.4, 0.5) is 0 Å². The quantitative estimate of drug-likeness (QED) is 0.188. The molecule has 1 aliphatic rings. The average Bonchev–Trinajstić information content (AvgIpc) is 2.86. The number of hydrogen-bond donors (Lipinski definition) is 5. The number of carbonyl (C=O) groups is 1. The molecule has 0 amide bonds. The number of halogens is 1. The van der Waals surface area contributed by atoms with Crippen molar-refractivity contribution in [3.8, 4) is 41.1 Å². The summed E-state index contributed by atoms with van der Waals surface area (Å²) in [7, 11) is 0. The van der Waals surface area contributed by atoms with E-state index in [0.717, 1.165) is 0 Å². The smallest absolute Gasteiger partial charge is 0.208 e. The number of Topliss-reactive ketones (excluding diaryl/α,β-unsaturated/α-hetero) is 1. The number of terminal acetylenes is 1. The lowest BCUT2D eigenvalue weighted by molar-refractivity contribution is -0.114. The van der Waals surface area contributed by atoms with Crippen molar-refractivity contribution in [3.05, 3.63) is 28.9 Å². The lowest BCUT2D eigenvalue weighted by Crippen LogP contribution is -1.99. The molecule has 126 valence electrons. The highest BCUT2D eigenvalue weighted by atomic mass is 35.5. The molecule has 0 radical (unpaired) electrons. The van der Waals surface area contributed by atoms with Gasteiger partial charge in [0.25, 0.3) is 0 Å².